The van der Waals surface area contributed by atoms with Crippen molar-refractivity contribution in [1.82, 2.24) is 4.98 Å². The lowest BCUT2D eigenvalue weighted by atomic mass is 9.98. The molecule has 0 bridgehead atoms. The second-order valence-corrected chi connectivity index (χ2v) is 6.84. The number of nitrogens with one attached hydrogen (secondary N) is 2. The summed E-state index contributed by atoms with van der Waals surface area (Å²) in [6.45, 7) is 6.08. The number of pyridine rings is 1. The van der Waals surface area contributed by atoms with Crippen LogP contribution in [-0.4, -0.2) is 10.9 Å². The number of carbonyl (C=O) groups excluding carboxylic acids is 1. The van der Waals surface area contributed by atoms with Gasteiger partial charge in [-0.1, -0.05) is 50.2 Å². The van der Waals surface area contributed by atoms with Crippen molar-refractivity contribution in [2.45, 2.75) is 26.7 Å². The van der Waals surface area contributed by atoms with Crippen molar-refractivity contribution in [3.63, 3.8) is 0 Å². The zero-order valence-corrected chi connectivity index (χ0v) is 16.2. The lowest BCUT2D eigenvalue weighted by Gasteiger charge is -2.16. The highest BCUT2D eigenvalue weighted by molar-refractivity contribution is 6.07. The quantitative estimate of drug-likeness (QED) is 0.482. The molecule has 0 saturated heterocycles. The normalized spacial score (nSPS) is 11.3. The van der Waals surface area contributed by atoms with Crippen LogP contribution >= 0.6 is 0 Å². The topological polar surface area (TPSA) is 77.8 Å². The standard InChI is InChI=1S/C23H22N4O/c1-15(2)19-10-4-7-16(3)21(19)27-23(28)18(13-24)14-26-20-11-5-8-17-9-6-12-25-22(17)20/h4-12,14-15,26H,1-3H3,(H,27,28)/b18-14-. The Bertz CT molecular complexity index is 1090. The molecule has 2 aromatic carbocycles. The van der Waals surface area contributed by atoms with E-state index in [1.807, 2.05) is 61.5 Å². The Morgan fingerprint density at radius 1 is 1.14 bits per heavy atom. The minimum atomic E-state index is -0.445. The third kappa shape index (κ3) is 4.02. The Hall–Kier alpha value is -3.65. The van der Waals surface area contributed by atoms with Gasteiger partial charge in [-0.3, -0.25) is 9.78 Å². The van der Waals surface area contributed by atoms with Gasteiger partial charge in [0.15, 0.2) is 0 Å². The molecule has 3 aromatic rings. The van der Waals surface area contributed by atoms with Gasteiger partial charge in [0.1, 0.15) is 11.6 Å². The van der Waals surface area contributed by atoms with E-state index in [-0.39, 0.29) is 11.5 Å². The third-order valence-corrected chi connectivity index (χ3v) is 4.54. The van der Waals surface area contributed by atoms with Gasteiger partial charge >= 0.3 is 0 Å². The number of rotatable bonds is 5. The van der Waals surface area contributed by atoms with Crippen molar-refractivity contribution < 1.29 is 4.79 Å². The van der Waals surface area contributed by atoms with Gasteiger partial charge in [0.2, 0.25) is 0 Å². The Kier molecular flexibility index (Phi) is 5.71. The predicted molar refractivity (Wildman–Crippen MR) is 113 cm³/mol. The molecule has 1 heterocycles. The molecule has 28 heavy (non-hydrogen) atoms. The number of benzene rings is 2. The maximum absolute atomic E-state index is 12.7. The number of fused-ring (bicyclic) bond motifs is 1. The van der Waals surface area contributed by atoms with E-state index in [2.05, 4.69) is 29.5 Å². The Balaban J connectivity index is 1.86. The van der Waals surface area contributed by atoms with E-state index in [4.69, 9.17) is 0 Å². The molecular weight excluding hydrogens is 348 g/mol. The molecular formula is C23H22N4O. The van der Waals surface area contributed by atoms with Crippen LogP contribution in [0.3, 0.4) is 0 Å². The lowest BCUT2D eigenvalue weighted by molar-refractivity contribution is -0.112. The molecule has 0 aliphatic rings. The minimum absolute atomic E-state index is 0.00843. The number of para-hydroxylation sites is 2. The number of anilines is 2. The first kappa shape index (κ1) is 19.1. The van der Waals surface area contributed by atoms with E-state index in [1.165, 1.54) is 6.20 Å². The van der Waals surface area contributed by atoms with Crippen LogP contribution in [0, 0.1) is 18.3 Å². The molecule has 5 heteroatoms. The summed E-state index contributed by atoms with van der Waals surface area (Å²) in [5, 5.41) is 16.4. The van der Waals surface area contributed by atoms with Crippen LogP contribution < -0.4 is 10.6 Å². The van der Waals surface area contributed by atoms with Gasteiger partial charge in [0, 0.05) is 23.5 Å². The fourth-order valence-corrected chi connectivity index (χ4v) is 3.04. The van der Waals surface area contributed by atoms with Crippen molar-refractivity contribution >= 4 is 28.2 Å². The Morgan fingerprint density at radius 3 is 2.64 bits per heavy atom. The molecule has 0 saturated carbocycles. The van der Waals surface area contributed by atoms with Gasteiger partial charge in [0.05, 0.1) is 11.2 Å². The highest BCUT2D eigenvalue weighted by Crippen LogP contribution is 2.28. The summed E-state index contributed by atoms with van der Waals surface area (Å²) in [5.41, 5.74) is 4.26. The Labute approximate surface area is 164 Å². The molecule has 0 atom stereocenters. The molecule has 0 aliphatic carbocycles. The van der Waals surface area contributed by atoms with Crippen LogP contribution in [-0.2, 0) is 4.79 Å². The highest BCUT2D eigenvalue weighted by Gasteiger charge is 2.15. The van der Waals surface area contributed by atoms with Crippen molar-refractivity contribution in [2.24, 2.45) is 0 Å². The molecule has 5 nitrogen and oxygen atoms in total. The number of aromatic nitrogens is 1. The van der Waals surface area contributed by atoms with Crippen molar-refractivity contribution in [2.75, 3.05) is 10.6 Å². The molecule has 0 fully saturated rings. The summed E-state index contributed by atoms with van der Waals surface area (Å²) in [4.78, 5) is 17.1. The van der Waals surface area contributed by atoms with Crippen LogP contribution in [0.15, 0.2) is 66.5 Å². The predicted octanol–water partition coefficient (Wildman–Crippen LogP) is 5.12. The third-order valence-electron chi connectivity index (χ3n) is 4.54. The summed E-state index contributed by atoms with van der Waals surface area (Å²) < 4.78 is 0. The van der Waals surface area contributed by atoms with E-state index < -0.39 is 5.91 Å². The first-order valence-electron chi connectivity index (χ1n) is 9.12. The molecule has 0 radical (unpaired) electrons. The zero-order valence-electron chi connectivity index (χ0n) is 16.2. The van der Waals surface area contributed by atoms with Crippen LogP contribution in [0.25, 0.3) is 10.9 Å². The number of hydrogen-bond acceptors (Lipinski definition) is 4. The van der Waals surface area contributed by atoms with Crippen LogP contribution in [0.5, 0.6) is 0 Å². The van der Waals surface area contributed by atoms with E-state index in [1.54, 1.807) is 6.20 Å². The van der Waals surface area contributed by atoms with Gasteiger partial charge < -0.3 is 10.6 Å². The number of carbonyl (C=O) groups is 1. The summed E-state index contributed by atoms with van der Waals surface area (Å²) in [6.07, 6.45) is 3.13. The SMILES string of the molecule is Cc1cccc(C(C)C)c1NC(=O)/C(C#N)=C\Nc1cccc2cccnc12. The second kappa shape index (κ2) is 8.36. The number of hydrogen-bond donors (Lipinski definition) is 2. The largest absolute Gasteiger partial charge is 0.358 e. The summed E-state index contributed by atoms with van der Waals surface area (Å²) >= 11 is 0. The zero-order chi connectivity index (χ0) is 20.1. The smallest absolute Gasteiger partial charge is 0.267 e. The minimum Gasteiger partial charge on any atom is -0.358 e. The Morgan fingerprint density at radius 2 is 1.89 bits per heavy atom. The molecule has 2 N–H and O–H groups in total. The average molecular weight is 370 g/mol. The summed E-state index contributed by atoms with van der Waals surface area (Å²) in [5.74, 6) is -0.191. The fraction of sp³-hybridized carbons (Fsp3) is 0.174. The first-order valence-corrected chi connectivity index (χ1v) is 9.12. The van der Waals surface area contributed by atoms with Crippen molar-refractivity contribution in [3.8, 4) is 6.07 Å². The van der Waals surface area contributed by atoms with Gasteiger partial charge in [-0.2, -0.15) is 5.26 Å². The summed E-state index contributed by atoms with van der Waals surface area (Å²) in [6, 6.07) is 17.4. The molecule has 1 aromatic heterocycles. The van der Waals surface area contributed by atoms with E-state index >= 15 is 0 Å². The van der Waals surface area contributed by atoms with E-state index in [0.29, 0.717) is 0 Å². The monoisotopic (exact) mass is 370 g/mol. The molecule has 1 amide bonds. The van der Waals surface area contributed by atoms with Gasteiger partial charge in [-0.15, -0.1) is 0 Å². The van der Waals surface area contributed by atoms with Gasteiger partial charge in [0.25, 0.3) is 5.91 Å². The van der Waals surface area contributed by atoms with Crippen LogP contribution in [0.2, 0.25) is 0 Å². The number of aryl methyl sites for hydroxylation is 1. The van der Waals surface area contributed by atoms with Gasteiger partial charge in [-0.05, 0) is 36.1 Å². The first-order chi connectivity index (χ1) is 13.5. The highest BCUT2D eigenvalue weighted by atomic mass is 16.1. The molecule has 140 valence electrons. The number of amides is 1. The molecule has 3 rings (SSSR count). The number of nitriles is 1. The molecule has 0 spiro atoms. The molecule has 0 aliphatic heterocycles. The average Bonchev–Trinajstić information content (AvgIpc) is 2.70. The van der Waals surface area contributed by atoms with E-state index in [9.17, 15) is 10.1 Å². The van der Waals surface area contributed by atoms with Crippen molar-refractivity contribution in [1.29, 1.82) is 5.26 Å². The van der Waals surface area contributed by atoms with E-state index in [0.717, 1.165) is 33.4 Å². The molecule has 0 unspecified atom stereocenters. The maximum atomic E-state index is 12.7. The lowest BCUT2D eigenvalue weighted by Crippen LogP contribution is -2.17. The van der Waals surface area contributed by atoms with Crippen LogP contribution in [0.4, 0.5) is 11.4 Å². The fourth-order valence-electron chi connectivity index (χ4n) is 3.04. The van der Waals surface area contributed by atoms with Crippen LogP contribution in [0.1, 0.15) is 30.9 Å². The van der Waals surface area contributed by atoms with Crippen molar-refractivity contribution in [3.05, 3.63) is 77.6 Å². The summed E-state index contributed by atoms with van der Waals surface area (Å²) in [7, 11) is 0. The second-order valence-electron chi connectivity index (χ2n) is 6.84. The number of nitrogens with zero attached hydrogens (tertiary/aromatic N) is 2. The maximum Gasteiger partial charge on any atom is 0.267 e. The van der Waals surface area contributed by atoms with Gasteiger partial charge in [-0.25, -0.2) is 0 Å².